The predicted octanol–water partition coefficient (Wildman–Crippen LogP) is 4.01. The Labute approximate surface area is 129 Å². The largest absolute Gasteiger partial charge is 0.496 e. The summed E-state index contributed by atoms with van der Waals surface area (Å²) in [7, 11) is 1.68. The molecule has 108 valence electrons. The Balaban J connectivity index is 2.26. The van der Waals surface area contributed by atoms with E-state index < -0.39 is 0 Å². The lowest BCUT2D eigenvalue weighted by molar-refractivity contribution is 0.405. The van der Waals surface area contributed by atoms with Gasteiger partial charge in [0.15, 0.2) is 0 Å². The van der Waals surface area contributed by atoms with Crippen molar-refractivity contribution in [3.05, 3.63) is 44.9 Å². The van der Waals surface area contributed by atoms with E-state index in [-0.39, 0.29) is 6.04 Å². The summed E-state index contributed by atoms with van der Waals surface area (Å²) in [6.45, 7) is 5.02. The molecule has 3 nitrogen and oxygen atoms in total. The molecule has 0 aliphatic heterocycles. The summed E-state index contributed by atoms with van der Waals surface area (Å²) < 4.78 is 5.42. The minimum absolute atomic E-state index is 0.178. The van der Waals surface area contributed by atoms with Crippen molar-refractivity contribution in [3.63, 3.8) is 0 Å². The first-order valence-electron chi connectivity index (χ1n) is 6.61. The number of hydrogen-bond acceptors (Lipinski definition) is 4. The van der Waals surface area contributed by atoms with Crippen molar-refractivity contribution in [2.24, 2.45) is 0 Å². The van der Waals surface area contributed by atoms with E-state index in [1.54, 1.807) is 18.4 Å². The second-order valence-corrected chi connectivity index (χ2v) is 6.06. The van der Waals surface area contributed by atoms with Crippen LogP contribution in [0.3, 0.4) is 0 Å². The molecule has 2 rings (SSSR count). The molecule has 0 aliphatic carbocycles. The van der Waals surface area contributed by atoms with Gasteiger partial charge in [-0.3, -0.25) is 0 Å². The number of aromatic nitrogens is 1. The zero-order chi connectivity index (χ0) is 14.5. The first-order chi connectivity index (χ1) is 9.63. The molecule has 0 bridgehead atoms. The van der Waals surface area contributed by atoms with Crippen molar-refractivity contribution in [2.75, 3.05) is 13.7 Å². The standard InChI is InChI=1S/C15H19ClN2OS/c1-4-17-13(14-9-20-10(2)18-14)8-11-7-12(16)5-6-15(11)19-3/h5-7,9,13,17H,4,8H2,1-3H3. The van der Waals surface area contributed by atoms with Gasteiger partial charge in [0.05, 0.1) is 23.9 Å². The minimum Gasteiger partial charge on any atom is -0.496 e. The summed E-state index contributed by atoms with van der Waals surface area (Å²) in [5.41, 5.74) is 2.17. The Morgan fingerprint density at radius 2 is 2.25 bits per heavy atom. The number of nitrogens with zero attached hydrogens (tertiary/aromatic N) is 1. The average Bonchev–Trinajstić information content (AvgIpc) is 2.85. The fraction of sp³-hybridized carbons (Fsp3) is 0.400. The van der Waals surface area contributed by atoms with E-state index in [0.29, 0.717) is 0 Å². The highest BCUT2D eigenvalue weighted by molar-refractivity contribution is 7.09. The number of benzene rings is 1. The summed E-state index contributed by atoms with van der Waals surface area (Å²) in [6, 6.07) is 5.90. The maximum atomic E-state index is 6.09. The molecule has 1 heterocycles. The van der Waals surface area contributed by atoms with Crippen LogP contribution >= 0.6 is 22.9 Å². The van der Waals surface area contributed by atoms with Crippen LogP contribution in [0.4, 0.5) is 0 Å². The van der Waals surface area contributed by atoms with Gasteiger partial charge in [-0.1, -0.05) is 18.5 Å². The van der Waals surface area contributed by atoms with Crippen LogP contribution in [0.2, 0.25) is 5.02 Å². The van der Waals surface area contributed by atoms with E-state index in [4.69, 9.17) is 16.3 Å². The van der Waals surface area contributed by atoms with Gasteiger partial charge in [0, 0.05) is 10.4 Å². The zero-order valence-corrected chi connectivity index (χ0v) is 13.5. The summed E-state index contributed by atoms with van der Waals surface area (Å²) >= 11 is 7.77. The van der Waals surface area contributed by atoms with Gasteiger partial charge >= 0.3 is 0 Å². The van der Waals surface area contributed by atoms with Crippen molar-refractivity contribution in [3.8, 4) is 5.75 Å². The predicted molar refractivity (Wildman–Crippen MR) is 85.0 cm³/mol. The third-order valence-electron chi connectivity index (χ3n) is 3.11. The van der Waals surface area contributed by atoms with Gasteiger partial charge in [-0.05, 0) is 43.7 Å². The van der Waals surface area contributed by atoms with Crippen LogP contribution in [0.15, 0.2) is 23.6 Å². The Morgan fingerprint density at radius 1 is 1.45 bits per heavy atom. The van der Waals surface area contributed by atoms with Gasteiger partial charge in [0.25, 0.3) is 0 Å². The van der Waals surface area contributed by atoms with Crippen molar-refractivity contribution < 1.29 is 4.74 Å². The average molecular weight is 311 g/mol. The fourth-order valence-electron chi connectivity index (χ4n) is 2.19. The molecule has 0 spiro atoms. The van der Waals surface area contributed by atoms with Gasteiger partial charge in [-0.15, -0.1) is 11.3 Å². The van der Waals surface area contributed by atoms with E-state index in [1.807, 2.05) is 25.1 Å². The highest BCUT2D eigenvalue weighted by atomic mass is 35.5. The highest BCUT2D eigenvalue weighted by Gasteiger charge is 2.16. The monoisotopic (exact) mass is 310 g/mol. The topological polar surface area (TPSA) is 34.1 Å². The van der Waals surface area contributed by atoms with E-state index in [2.05, 4.69) is 22.6 Å². The molecule has 1 aromatic carbocycles. The van der Waals surface area contributed by atoms with Crippen LogP contribution in [0.5, 0.6) is 5.75 Å². The molecule has 1 unspecified atom stereocenters. The summed E-state index contributed by atoms with van der Waals surface area (Å²) in [4.78, 5) is 4.59. The van der Waals surface area contributed by atoms with Crippen LogP contribution < -0.4 is 10.1 Å². The second-order valence-electron chi connectivity index (χ2n) is 4.56. The van der Waals surface area contributed by atoms with Gasteiger partial charge in [-0.25, -0.2) is 4.98 Å². The smallest absolute Gasteiger partial charge is 0.122 e. The molecule has 0 aliphatic rings. The Hall–Kier alpha value is -1.10. The van der Waals surface area contributed by atoms with Gasteiger partial charge in [0.1, 0.15) is 5.75 Å². The molecule has 5 heteroatoms. The maximum Gasteiger partial charge on any atom is 0.122 e. The van der Waals surface area contributed by atoms with Crippen molar-refractivity contribution in [1.29, 1.82) is 0 Å². The van der Waals surface area contributed by atoms with E-state index >= 15 is 0 Å². The quantitative estimate of drug-likeness (QED) is 0.875. The molecule has 2 aromatic rings. The Morgan fingerprint density at radius 3 is 2.85 bits per heavy atom. The highest BCUT2D eigenvalue weighted by Crippen LogP contribution is 2.28. The summed E-state index contributed by atoms with van der Waals surface area (Å²) in [5, 5.41) is 7.40. The number of likely N-dealkylation sites (N-methyl/N-ethyl adjacent to an activating group) is 1. The van der Waals surface area contributed by atoms with Gasteiger partial charge < -0.3 is 10.1 Å². The molecule has 1 atom stereocenters. The normalized spacial score (nSPS) is 12.4. The number of rotatable bonds is 6. The number of ether oxygens (including phenoxy) is 1. The summed E-state index contributed by atoms with van der Waals surface area (Å²) in [5.74, 6) is 0.865. The number of thiazole rings is 1. The lowest BCUT2D eigenvalue weighted by atomic mass is 10.0. The minimum atomic E-state index is 0.178. The molecular formula is C15H19ClN2OS. The van der Waals surface area contributed by atoms with E-state index in [0.717, 1.165) is 40.0 Å². The molecule has 0 amide bonds. The zero-order valence-electron chi connectivity index (χ0n) is 11.9. The van der Waals surface area contributed by atoms with Crippen LogP contribution in [0.1, 0.15) is 29.2 Å². The second kappa shape index (κ2) is 7.07. The maximum absolute atomic E-state index is 6.09. The lowest BCUT2D eigenvalue weighted by Gasteiger charge is -2.18. The number of halogens is 1. The molecule has 0 radical (unpaired) electrons. The Bertz CT molecular complexity index is 571. The molecule has 1 aromatic heterocycles. The van der Waals surface area contributed by atoms with E-state index in [9.17, 15) is 0 Å². The van der Waals surface area contributed by atoms with Crippen molar-refractivity contribution in [1.82, 2.24) is 10.3 Å². The van der Waals surface area contributed by atoms with Gasteiger partial charge in [-0.2, -0.15) is 0 Å². The van der Waals surface area contributed by atoms with E-state index in [1.165, 1.54) is 0 Å². The van der Waals surface area contributed by atoms with Gasteiger partial charge in [0.2, 0.25) is 0 Å². The molecule has 20 heavy (non-hydrogen) atoms. The van der Waals surface area contributed by atoms with Crippen LogP contribution in [0, 0.1) is 6.92 Å². The lowest BCUT2D eigenvalue weighted by Crippen LogP contribution is -2.23. The number of hydrogen-bond donors (Lipinski definition) is 1. The molecule has 0 fully saturated rings. The Kier molecular flexibility index (Phi) is 5.40. The van der Waals surface area contributed by atoms with Crippen molar-refractivity contribution >= 4 is 22.9 Å². The first kappa shape index (κ1) is 15.3. The number of methoxy groups -OCH3 is 1. The third kappa shape index (κ3) is 3.72. The SMILES string of the molecule is CCNC(Cc1cc(Cl)ccc1OC)c1csc(C)n1. The fourth-order valence-corrected chi connectivity index (χ4v) is 3.06. The molecule has 1 N–H and O–H groups in total. The summed E-state index contributed by atoms with van der Waals surface area (Å²) in [6.07, 6.45) is 0.806. The van der Waals surface area contributed by atoms with Crippen LogP contribution in [0.25, 0.3) is 0 Å². The number of aryl methyl sites for hydroxylation is 1. The molecular weight excluding hydrogens is 292 g/mol. The molecule has 0 saturated heterocycles. The number of nitrogens with one attached hydrogen (secondary N) is 1. The van der Waals surface area contributed by atoms with Crippen LogP contribution in [-0.4, -0.2) is 18.6 Å². The third-order valence-corrected chi connectivity index (χ3v) is 4.14. The van der Waals surface area contributed by atoms with Crippen molar-refractivity contribution in [2.45, 2.75) is 26.3 Å². The first-order valence-corrected chi connectivity index (χ1v) is 7.87. The molecule has 0 saturated carbocycles. The van der Waals surface area contributed by atoms with Crippen LogP contribution in [-0.2, 0) is 6.42 Å².